The molecule has 17 heavy (non-hydrogen) atoms. The van der Waals surface area contributed by atoms with Gasteiger partial charge in [0.25, 0.3) is 5.96 Å². The number of rotatable bonds is 1. The Balaban J connectivity index is 1.87. The van der Waals surface area contributed by atoms with Gasteiger partial charge in [-0.3, -0.25) is 4.90 Å². The molecule has 3 rings (SSSR count). The first-order valence-corrected chi connectivity index (χ1v) is 7.89. The highest BCUT2D eigenvalue weighted by molar-refractivity contribution is 7.88. The van der Waals surface area contributed by atoms with E-state index in [1.165, 1.54) is 17.0 Å². The van der Waals surface area contributed by atoms with Gasteiger partial charge >= 0.3 is 0 Å². The van der Waals surface area contributed by atoms with Crippen LogP contribution >= 0.6 is 0 Å². The Morgan fingerprint density at radius 1 is 1.24 bits per heavy atom. The van der Waals surface area contributed by atoms with E-state index in [-0.39, 0.29) is 5.72 Å². The zero-order valence-electron chi connectivity index (χ0n) is 9.92. The van der Waals surface area contributed by atoms with Crippen molar-refractivity contribution in [3.05, 3.63) is 0 Å². The Morgan fingerprint density at radius 2 is 1.94 bits per heavy atom. The minimum absolute atomic E-state index is 0.354. The van der Waals surface area contributed by atoms with Crippen LogP contribution in [0.25, 0.3) is 0 Å². The predicted octanol–water partition coefficient (Wildman–Crippen LogP) is 0.525. The van der Waals surface area contributed by atoms with Crippen LogP contribution in [0, 0.1) is 0 Å². The zero-order chi connectivity index (χ0) is 12.1. The van der Waals surface area contributed by atoms with E-state index >= 15 is 0 Å². The van der Waals surface area contributed by atoms with Crippen LogP contribution in [-0.2, 0) is 14.9 Å². The fraction of sp³-hybridized carbons (Fsp3) is 0.900. The van der Waals surface area contributed by atoms with Crippen LogP contribution in [0.1, 0.15) is 32.1 Å². The standard InChI is InChI=1S/C10H17N3O3S/c1-17(14,15)13-8-7-12-9(13)11-16-10(12)5-3-2-4-6-10/h2-8H2,1H3. The third kappa shape index (κ3) is 1.59. The quantitative estimate of drug-likeness (QED) is 0.689. The van der Waals surface area contributed by atoms with Crippen molar-refractivity contribution >= 4 is 16.0 Å². The minimum atomic E-state index is -3.23. The maximum absolute atomic E-state index is 11.6. The summed E-state index contributed by atoms with van der Waals surface area (Å²) >= 11 is 0. The number of nitrogens with zero attached hydrogens (tertiary/aromatic N) is 3. The molecule has 2 heterocycles. The van der Waals surface area contributed by atoms with Crippen molar-refractivity contribution in [1.82, 2.24) is 9.21 Å². The maximum atomic E-state index is 11.6. The fourth-order valence-corrected chi connectivity index (χ4v) is 3.80. The number of guanidine groups is 1. The van der Waals surface area contributed by atoms with Gasteiger partial charge in [0.15, 0.2) is 0 Å². The fourth-order valence-electron chi connectivity index (χ4n) is 2.96. The van der Waals surface area contributed by atoms with Gasteiger partial charge < -0.3 is 4.84 Å². The lowest BCUT2D eigenvalue weighted by Gasteiger charge is -2.37. The van der Waals surface area contributed by atoms with Crippen LogP contribution in [0.5, 0.6) is 0 Å². The smallest absolute Gasteiger partial charge is 0.255 e. The summed E-state index contributed by atoms with van der Waals surface area (Å²) in [5.41, 5.74) is -0.354. The number of fused-ring (bicyclic) bond motifs is 2. The molecule has 2 aliphatic heterocycles. The molecule has 0 aromatic heterocycles. The van der Waals surface area contributed by atoms with Gasteiger partial charge in [0.05, 0.1) is 12.8 Å². The van der Waals surface area contributed by atoms with Crippen LogP contribution < -0.4 is 0 Å². The average Bonchev–Trinajstić information content (AvgIpc) is 2.82. The van der Waals surface area contributed by atoms with Gasteiger partial charge in [-0.15, -0.1) is 0 Å². The summed E-state index contributed by atoms with van der Waals surface area (Å²) < 4.78 is 24.6. The normalized spacial score (nSPS) is 27.0. The van der Waals surface area contributed by atoms with Crippen molar-refractivity contribution in [3.8, 4) is 0 Å². The molecule has 0 aromatic rings. The Labute approximate surface area is 101 Å². The third-order valence-electron chi connectivity index (χ3n) is 3.82. The molecule has 0 aromatic carbocycles. The van der Waals surface area contributed by atoms with Gasteiger partial charge in [-0.2, -0.15) is 0 Å². The second-order valence-corrected chi connectivity index (χ2v) is 6.88. The van der Waals surface area contributed by atoms with Crippen molar-refractivity contribution in [2.24, 2.45) is 5.16 Å². The van der Waals surface area contributed by atoms with Gasteiger partial charge in [0.1, 0.15) is 0 Å². The van der Waals surface area contributed by atoms with Crippen molar-refractivity contribution in [2.75, 3.05) is 19.3 Å². The monoisotopic (exact) mass is 259 g/mol. The first kappa shape index (κ1) is 11.1. The van der Waals surface area contributed by atoms with E-state index in [1.807, 2.05) is 4.90 Å². The van der Waals surface area contributed by atoms with Crippen molar-refractivity contribution in [2.45, 2.75) is 37.8 Å². The van der Waals surface area contributed by atoms with Gasteiger partial charge in [0, 0.05) is 19.4 Å². The van der Waals surface area contributed by atoms with E-state index in [4.69, 9.17) is 4.84 Å². The van der Waals surface area contributed by atoms with E-state index in [1.54, 1.807) is 0 Å². The summed E-state index contributed by atoms with van der Waals surface area (Å²) in [6, 6.07) is 0. The van der Waals surface area contributed by atoms with Crippen molar-refractivity contribution < 1.29 is 13.3 Å². The van der Waals surface area contributed by atoms with E-state index in [2.05, 4.69) is 5.16 Å². The molecule has 0 unspecified atom stereocenters. The Hall–Kier alpha value is -0.980. The SMILES string of the molecule is CS(=O)(=O)N1CCN2C1=NOC21CCCCC1. The molecule has 0 N–H and O–H groups in total. The molecular weight excluding hydrogens is 242 g/mol. The molecule has 0 amide bonds. The van der Waals surface area contributed by atoms with Crippen molar-refractivity contribution in [1.29, 1.82) is 0 Å². The second-order valence-electron chi connectivity index (χ2n) is 4.98. The first-order valence-electron chi connectivity index (χ1n) is 6.04. The summed E-state index contributed by atoms with van der Waals surface area (Å²) in [4.78, 5) is 7.62. The molecular formula is C10H17N3O3S. The highest BCUT2D eigenvalue weighted by atomic mass is 32.2. The number of oxime groups is 1. The Morgan fingerprint density at radius 3 is 2.59 bits per heavy atom. The van der Waals surface area contributed by atoms with Crippen LogP contribution in [0.3, 0.4) is 0 Å². The lowest BCUT2D eigenvalue weighted by Crippen LogP contribution is -2.49. The molecule has 1 saturated heterocycles. The summed E-state index contributed by atoms with van der Waals surface area (Å²) in [5.74, 6) is 0.481. The summed E-state index contributed by atoms with van der Waals surface area (Å²) in [6.45, 7) is 1.18. The molecule has 0 radical (unpaired) electrons. The molecule has 1 saturated carbocycles. The van der Waals surface area contributed by atoms with E-state index in [0.717, 1.165) is 25.7 Å². The molecule has 3 aliphatic rings. The Bertz CT molecular complexity index is 453. The molecule has 1 spiro atoms. The largest absolute Gasteiger partial charge is 0.364 e. The molecule has 96 valence electrons. The van der Waals surface area contributed by atoms with Crippen LogP contribution in [0.4, 0.5) is 0 Å². The highest BCUT2D eigenvalue weighted by Gasteiger charge is 2.52. The van der Waals surface area contributed by atoms with Gasteiger partial charge in [-0.25, -0.2) is 12.7 Å². The van der Waals surface area contributed by atoms with Crippen LogP contribution in [-0.4, -0.2) is 48.7 Å². The average molecular weight is 259 g/mol. The molecule has 6 nitrogen and oxygen atoms in total. The van der Waals surface area contributed by atoms with E-state index in [9.17, 15) is 8.42 Å². The van der Waals surface area contributed by atoms with E-state index < -0.39 is 10.0 Å². The van der Waals surface area contributed by atoms with Gasteiger partial charge in [0.2, 0.25) is 15.7 Å². The molecule has 0 bridgehead atoms. The maximum Gasteiger partial charge on any atom is 0.255 e. The van der Waals surface area contributed by atoms with Gasteiger partial charge in [-0.1, -0.05) is 6.42 Å². The first-order chi connectivity index (χ1) is 8.03. The van der Waals surface area contributed by atoms with Gasteiger partial charge in [-0.05, 0) is 18.0 Å². The topological polar surface area (TPSA) is 62.2 Å². The molecule has 7 heteroatoms. The van der Waals surface area contributed by atoms with Crippen LogP contribution in [0.15, 0.2) is 5.16 Å². The highest BCUT2D eigenvalue weighted by Crippen LogP contribution is 2.40. The number of hydrogen-bond donors (Lipinski definition) is 0. The number of hydrogen-bond acceptors (Lipinski definition) is 5. The molecule has 2 fully saturated rings. The molecule has 0 atom stereocenters. The lowest BCUT2D eigenvalue weighted by atomic mass is 9.91. The lowest BCUT2D eigenvalue weighted by molar-refractivity contribution is -0.119. The molecule has 1 aliphatic carbocycles. The number of sulfonamides is 1. The summed E-state index contributed by atoms with van der Waals surface area (Å²) in [5, 5.41) is 4.01. The third-order valence-corrected chi connectivity index (χ3v) is 4.96. The summed E-state index contributed by atoms with van der Waals surface area (Å²) in [7, 11) is -3.23. The van der Waals surface area contributed by atoms with Crippen LogP contribution in [0.2, 0.25) is 0 Å². The summed E-state index contributed by atoms with van der Waals surface area (Å²) in [6.07, 6.45) is 6.57. The second kappa shape index (κ2) is 3.51. The van der Waals surface area contributed by atoms with E-state index in [0.29, 0.717) is 19.0 Å². The predicted molar refractivity (Wildman–Crippen MR) is 62.6 cm³/mol. The zero-order valence-corrected chi connectivity index (χ0v) is 10.7. The Kier molecular flexibility index (Phi) is 2.30. The van der Waals surface area contributed by atoms with Crippen molar-refractivity contribution in [3.63, 3.8) is 0 Å². The minimum Gasteiger partial charge on any atom is -0.364 e.